The molecule has 0 aliphatic heterocycles. The Morgan fingerprint density at radius 2 is 2.11 bits per heavy atom. The summed E-state index contributed by atoms with van der Waals surface area (Å²) in [6, 6.07) is 9.35. The van der Waals surface area contributed by atoms with Crippen molar-refractivity contribution in [2.75, 3.05) is 6.61 Å². The average Bonchev–Trinajstić information content (AvgIpc) is 2.39. The number of hydrogen-bond donors (Lipinski definition) is 0. The summed E-state index contributed by atoms with van der Waals surface area (Å²) in [7, 11) is 0. The minimum Gasteiger partial charge on any atom is -0.464 e. The van der Waals surface area contributed by atoms with E-state index in [9.17, 15) is 4.79 Å². The third-order valence-corrected chi connectivity index (χ3v) is 2.38. The Labute approximate surface area is 108 Å². The van der Waals surface area contributed by atoms with Gasteiger partial charge in [0.1, 0.15) is 0 Å². The Balaban J connectivity index is 2.74. The maximum atomic E-state index is 11.8. The fourth-order valence-electron chi connectivity index (χ4n) is 1.51. The molecule has 0 amide bonds. The van der Waals surface area contributed by atoms with Crippen molar-refractivity contribution < 1.29 is 9.53 Å². The first-order chi connectivity index (χ1) is 8.77. The number of hydrogen-bond acceptors (Lipinski definition) is 3. The topological polar surface area (TPSA) is 38.7 Å². The van der Waals surface area contributed by atoms with E-state index in [2.05, 4.69) is 4.99 Å². The summed E-state index contributed by atoms with van der Waals surface area (Å²) in [5.41, 5.74) is 1.08. The molecular formula is C15H19NO2. The second-order valence-corrected chi connectivity index (χ2v) is 3.78. The third kappa shape index (κ3) is 4.95. The summed E-state index contributed by atoms with van der Waals surface area (Å²) in [4.78, 5) is 16.0. The lowest BCUT2D eigenvalue weighted by Crippen LogP contribution is -2.24. The summed E-state index contributed by atoms with van der Waals surface area (Å²) in [5.74, 6) is -0.276. The van der Waals surface area contributed by atoms with Gasteiger partial charge in [0.2, 0.25) is 0 Å². The highest BCUT2D eigenvalue weighted by Crippen LogP contribution is 2.07. The van der Waals surface area contributed by atoms with Crippen LogP contribution in [-0.4, -0.2) is 24.8 Å². The molecule has 0 unspecified atom stereocenters. The Hall–Kier alpha value is -1.90. The Kier molecular flexibility index (Phi) is 6.47. The van der Waals surface area contributed by atoms with Crippen LogP contribution < -0.4 is 0 Å². The minimum atomic E-state index is -0.469. The van der Waals surface area contributed by atoms with Gasteiger partial charge in [-0.3, -0.25) is 4.99 Å². The minimum absolute atomic E-state index is 0.276. The lowest BCUT2D eigenvalue weighted by Gasteiger charge is -2.11. The second-order valence-electron chi connectivity index (χ2n) is 3.78. The zero-order chi connectivity index (χ0) is 13.2. The highest BCUT2D eigenvalue weighted by atomic mass is 16.5. The van der Waals surface area contributed by atoms with E-state index in [1.54, 1.807) is 19.2 Å². The summed E-state index contributed by atoms with van der Waals surface area (Å²) in [6.45, 7) is 4.08. The first-order valence-corrected chi connectivity index (χ1v) is 6.13. The number of esters is 1. The van der Waals surface area contributed by atoms with Gasteiger partial charge in [-0.2, -0.15) is 0 Å². The standard InChI is InChI=1S/C15H19NO2/c1-3-5-11-16-14(15(17)18-4-2)12-13-9-7-6-8-10-13/h3,5-11,14H,4,12H2,1-2H3/b5-3+,16-11?/t14-/m0/s1. The number of ether oxygens (including phenoxy) is 1. The molecule has 1 atom stereocenters. The van der Waals surface area contributed by atoms with Crippen molar-refractivity contribution in [1.82, 2.24) is 0 Å². The molecule has 1 aromatic carbocycles. The first-order valence-electron chi connectivity index (χ1n) is 6.13. The highest BCUT2D eigenvalue weighted by molar-refractivity contribution is 5.80. The maximum Gasteiger partial charge on any atom is 0.331 e. The van der Waals surface area contributed by atoms with Crippen LogP contribution in [0.3, 0.4) is 0 Å². The smallest absolute Gasteiger partial charge is 0.331 e. The van der Waals surface area contributed by atoms with Crippen molar-refractivity contribution >= 4 is 12.2 Å². The van der Waals surface area contributed by atoms with Gasteiger partial charge >= 0.3 is 5.97 Å². The molecule has 0 aliphatic rings. The molecule has 0 radical (unpaired) electrons. The van der Waals surface area contributed by atoms with Gasteiger partial charge in [-0.05, 0) is 25.5 Å². The van der Waals surface area contributed by atoms with Crippen LogP contribution in [0.2, 0.25) is 0 Å². The number of nitrogens with zero attached hydrogens (tertiary/aromatic N) is 1. The zero-order valence-corrected chi connectivity index (χ0v) is 10.9. The van der Waals surface area contributed by atoms with Crippen molar-refractivity contribution in [1.29, 1.82) is 0 Å². The van der Waals surface area contributed by atoms with E-state index in [0.717, 1.165) is 5.56 Å². The molecule has 96 valence electrons. The van der Waals surface area contributed by atoms with Crippen LogP contribution in [0.4, 0.5) is 0 Å². The Morgan fingerprint density at radius 1 is 1.39 bits per heavy atom. The maximum absolute atomic E-state index is 11.8. The normalized spacial score (nSPS) is 13.0. The molecule has 1 rings (SSSR count). The van der Waals surface area contributed by atoms with E-state index >= 15 is 0 Å². The van der Waals surface area contributed by atoms with Gasteiger partial charge in [0, 0.05) is 12.6 Å². The Bertz CT molecular complexity index is 410. The quantitative estimate of drug-likeness (QED) is 0.571. The zero-order valence-electron chi connectivity index (χ0n) is 10.9. The van der Waals surface area contributed by atoms with Crippen LogP contribution in [-0.2, 0) is 16.0 Å². The predicted molar refractivity (Wildman–Crippen MR) is 73.9 cm³/mol. The van der Waals surface area contributed by atoms with Crippen LogP contribution >= 0.6 is 0 Å². The number of aliphatic imine (C=N–C) groups is 1. The van der Waals surface area contributed by atoms with E-state index in [4.69, 9.17) is 4.74 Å². The Morgan fingerprint density at radius 3 is 2.72 bits per heavy atom. The van der Waals surface area contributed by atoms with Crippen LogP contribution in [0.25, 0.3) is 0 Å². The van der Waals surface area contributed by atoms with E-state index in [1.807, 2.05) is 43.3 Å². The van der Waals surface area contributed by atoms with E-state index in [0.29, 0.717) is 13.0 Å². The number of carbonyl (C=O) groups is 1. The number of allylic oxidation sites excluding steroid dienone is 2. The van der Waals surface area contributed by atoms with Crippen molar-refractivity contribution in [2.24, 2.45) is 4.99 Å². The molecule has 18 heavy (non-hydrogen) atoms. The van der Waals surface area contributed by atoms with Gasteiger partial charge in [0.25, 0.3) is 0 Å². The van der Waals surface area contributed by atoms with Crippen molar-refractivity contribution in [3.63, 3.8) is 0 Å². The molecule has 0 aliphatic carbocycles. The van der Waals surface area contributed by atoms with Crippen molar-refractivity contribution in [2.45, 2.75) is 26.3 Å². The number of benzene rings is 1. The van der Waals surface area contributed by atoms with Crippen LogP contribution in [0, 0.1) is 0 Å². The summed E-state index contributed by atoms with van der Waals surface area (Å²) < 4.78 is 5.03. The van der Waals surface area contributed by atoms with E-state index < -0.39 is 6.04 Å². The summed E-state index contributed by atoms with van der Waals surface area (Å²) in [6.07, 6.45) is 5.88. The SMILES string of the molecule is C/C=C/C=N[C@@H](Cc1ccccc1)C(=O)OCC. The fraction of sp³-hybridized carbons (Fsp3) is 0.333. The fourth-order valence-corrected chi connectivity index (χ4v) is 1.51. The van der Waals surface area contributed by atoms with Gasteiger partial charge in [0.15, 0.2) is 6.04 Å². The van der Waals surface area contributed by atoms with Crippen LogP contribution in [0.1, 0.15) is 19.4 Å². The van der Waals surface area contributed by atoms with Crippen molar-refractivity contribution in [3.05, 3.63) is 48.0 Å². The molecule has 0 saturated carbocycles. The first kappa shape index (κ1) is 14.2. The molecule has 0 fully saturated rings. The molecule has 0 bridgehead atoms. The van der Waals surface area contributed by atoms with Gasteiger partial charge in [0.05, 0.1) is 6.61 Å². The summed E-state index contributed by atoms with van der Waals surface area (Å²) >= 11 is 0. The summed E-state index contributed by atoms with van der Waals surface area (Å²) in [5, 5.41) is 0. The largest absolute Gasteiger partial charge is 0.464 e. The van der Waals surface area contributed by atoms with Crippen LogP contribution in [0.15, 0.2) is 47.5 Å². The van der Waals surface area contributed by atoms with Gasteiger partial charge in [-0.1, -0.05) is 36.4 Å². The number of carbonyl (C=O) groups excluding carboxylic acids is 1. The molecule has 3 nitrogen and oxygen atoms in total. The second kappa shape index (κ2) is 8.23. The third-order valence-electron chi connectivity index (χ3n) is 2.38. The van der Waals surface area contributed by atoms with Gasteiger partial charge < -0.3 is 4.74 Å². The lowest BCUT2D eigenvalue weighted by molar-refractivity contribution is -0.144. The molecule has 1 aromatic rings. The molecular weight excluding hydrogens is 226 g/mol. The van der Waals surface area contributed by atoms with Crippen molar-refractivity contribution in [3.8, 4) is 0 Å². The van der Waals surface area contributed by atoms with Gasteiger partial charge in [-0.25, -0.2) is 4.79 Å². The van der Waals surface area contributed by atoms with Gasteiger partial charge in [-0.15, -0.1) is 0 Å². The van der Waals surface area contributed by atoms with E-state index in [-0.39, 0.29) is 5.97 Å². The van der Waals surface area contributed by atoms with Crippen LogP contribution in [0.5, 0.6) is 0 Å². The molecule has 0 heterocycles. The monoisotopic (exact) mass is 245 g/mol. The highest BCUT2D eigenvalue weighted by Gasteiger charge is 2.18. The lowest BCUT2D eigenvalue weighted by atomic mass is 10.1. The number of rotatable bonds is 6. The molecule has 0 spiro atoms. The molecule has 3 heteroatoms. The average molecular weight is 245 g/mol. The predicted octanol–water partition coefficient (Wildman–Crippen LogP) is 2.81. The molecule has 0 N–H and O–H groups in total. The molecule has 0 aromatic heterocycles. The van der Waals surface area contributed by atoms with E-state index in [1.165, 1.54) is 0 Å². The molecule has 0 saturated heterocycles.